The molecule has 0 saturated heterocycles. The average molecular weight is 291 g/mol. The van der Waals surface area contributed by atoms with Crippen molar-refractivity contribution in [1.29, 1.82) is 0 Å². The van der Waals surface area contributed by atoms with Crippen molar-refractivity contribution in [1.82, 2.24) is 15.1 Å². The fourth-order valence-electron chi connectivity index (χ4n) is 3.75. The van der Waals surface area contributed by atoms with E-state index in [-0.39, 0.29) is 0 Å². The van der Waals surface area contributed by atoms with E-state index in [1.807, 2.05) is 0 Å². The standard InChI is InChI=1S/C18H33N3/c1-6-14(2)21-10-8-17(20-21)11-16-12-18(3,4)9-7-15(16)13-19-5/h8,10,14-16,19H,6-7,9,11-13H2,1-5H3. The minimum absolute atomic E-state index is 0.494. The van der Waals surface area contributed by atoms with Gasteiger partial charge in [0.2, 0.25) is 0 Å². The van der Waals surface area contributed by atoms with Crippen LogP contribution in [0.4, 0.5) is 0 Å². The van der Waals surface area contributed by atoms with Crippen LogP contribution in [0.15, 0.2) is 12.3 Å². The van der Waals surface area contributed by atoms with Crippen LogP contribution in [-0.2, 0) is 6.42 Å². The second-order valence-corrected chi connectivity index (χ2v) is 7.73. The number of rotatable bonds is 6. The molecule has 1 aliphatic rings. The number of hydrogen-bond acceptors (Lipinski definition) is 2. The summed E-state index contributed by atoms with van der Waals surface area (Å²) in [6.07, 6.45) is 8.47. The predicted molar refractivity (Wildman–Crippen MR) is 89.5 cm³/mol. The van der Waals surface area contributed by atoms with Crippen LogP contribution in [0.1, 0.15) is 65.1 Å². The first kappa shape index (κ1) is 16.5. The summed E-state index contributed by atoms with van der Waals surface area (Å²) in [5, 5.41) is 8.20. The van der Waals surface area contributed by atoms with Gasteiger partial charge in [0.1, 0.15) is 0 Å². The molecule has 0 aromatic carbocycles. The highest BCUT2D eigenvalue weighted by atomic mass is 15.3. The van der Waals surface area contributed by atoms with E-state index in [1.54, 1.807) is 0 Å². The zero-order valence-corrected chi connectivity index (χ0v) is 14.5. The molecular formula is C18H33N3. The molecule has 3 unspecified atom stereocenters. The predicted octanol–water partition coefficient (Wildman–Crippen LogP) is 4.06. The maximum atomic E-state index is 4.81. The van der Waals surface area contributed by atoms with Crippen molar-refractivity contribution in [2.75, 3.05) is 13.6 Å². The van der Waals surface area contributed by atoms with Gasteiger partial charge in [-0.3, -0.25) is 4.68 Å². The average Bonchev–Trinajstić information content (AvgIpc) is 2.89. The van der Waals surface area contributed by atoms with Gasteiger partial charge in [-0.25, -0.2) is 0 Å². The van der Waals surface area contributed by atoms with Crippen LogP contribution in [0.3, 0.4) is 0 Å². The summed E-state index contributed by atoms with van der Waals surface area (Å²) in [6.45, 7) is 10.5. The molecule has 120 valence electrons. The Bertz CT molecular complexity index is 435. The Balaban J connectivity index is 2.05. The molecule has 1 heterocycles. The molecule has 21 heavy (non-hydrogen) atoms. The minimum Gasteiger partial charge on any atom is -0.319 e. The summed E-state index contributed by atoms with van der Waals surface area (Å²) in [7, 11) is 2.08. The van der Waals surface area contributed by atoms with Crippen LogP contribution < -0.4 is 5.32 Å². The Morgan fingerprint density at radius 1 is 1.43 bits per heavy atom. The third-order valence-electron chi connectivity index (χ3n) is 5.32. The van der Waals surface area contributed by atoms with Gasteiger partial charge in [-0.2, -0.15) is 5.10 Å². The van der Waals surface area contributed by atoms with Crippen LogP contribution in [0.25, 0.3) is 0 Å². The second kappa shape index (κ2) is 6.95. The van der Waals surface area contributed by atoms with Gasteiger partial charge in [0.25, 0.3) is 0 Å². The van der Waals surface area contributed by atoms with Gasteiger partial charge < -0.3 is 5.32 Å². The first-order chi connectivity index (χ1) is 9.95. The monoisotopic (exact) mass is 291 g/mol. The summed E-state index contributed by atoms with van der Waals surface area (Å²) in [6, 6.07) is 2.74. The molecule has 0 aliphatic heterocycles. The lowest BCUT2D eigenvalue weighted by Gasteiger charge is -2.40. The van der Waals surface area contributed by atoms with Crippen molar-refractivity contribution in [3.63, 3.8) is 0 Å². The van der Waals surface area contributed by atoms with Gasteiger partial charge in [0.05, 0.1) is 5.69 Å². The lowest BCUT2D eigenvalue weighted by atomic mass is 9.66. The molecule has 1 fully saturated rings. The Morgan fingerprint density at radius 3 is 2.86 bits per heavy atom. The van der Waals surface area contributed by atoms with Crippen LogP contribution in [0.2, 0.25) is 0 Å². The molecule has 3 nitrogen and oxygen atoms in total. The highest BCUT2D eigenvalue weighted by Gasteiger charge is 2.34. The van der Waals surface area contributed by atoms with Gasteiger partial charge in [0, 0.05) is 12.2 Å². The zero-order chi connectivity index (χ0) is 15.5. The molecule has 0 amide bonds. The van der Waals surface area contributed by atoms with Crippen molar-refractivity contribution in [3.8, 4) is 0 Å². The maximum Gasteiger partial charge on any atom is 0.0627 e. The molecule has 1 N–H and O–H groups in total. The number of hydrogen-bond donors (Lipinski definition) is 1. The lowest BCUT2D eigenvalue weighted by molar-refractivity contribution is 0.116. The number of aromatic nitrogens is 2. The third-order valence-corrected chi connectivity index (χ3v) is 5.32. The SMILES string of the molecule is CCC(C)n1ccc(CC2CC(C)(C)CCC2CNC)n1. The van der Waals surface area contributed by atoms with Crippen molar-refractivity contribution in [2.24, 2.45) is 17.3 Å². The van der Waals surface area contributed by atoms with E-state index in [0.29, 0.717) is 11.5 Å². The quantitative estimate of drug-likeness (QED) is 0.856. The molecule has 3 heteroatoms. The molecular weight excluding hydrogens is 258 g/mol. The fourth-order valence-corrected chi connectivity index (χ4v) is 3.75. The molecule has 1 aromatic rings. The normalized spacial score (nSPS) is 26.7. The van der Waals surface area contributed by atoms with E-state index in [4.69, 9.17) is 5.10 Å². The molecule has 0 radical (unpaired) electrons. The minimum atomic E-state index is 0.494. The van der Waals surface area contributed by atoms with E-state index >= 15 is 0 Å². The largest absolute Gasteiger partial charge is 0.319 e. The van der Waals surface area contributed by atoms with Crippen molar-refractivity contribution in [2.45, 2.75) is 65.8 Å². The van der Waals surface area contributed by atoms with E-state index < -0.39 is 0 Å². The smallest absolute Gasteiger partial charge is 0.0627 e. The van der Waals surface area contributed by atoms with Crippen LogP contribution in [0.5, 0.6) is 0 Å². The summed E-state index contributed by atoms with van der Waals surface area (Å²) < 4.78 is 2.14. The van der Waals surface area contributed by atoms with Gasteiger partial charge in [-0.05, 0) is 75.9 Å². The number of nitrogens with zero attached hydrogens (tertiary/aromatic N) is 2. The summed E-state index contributed by atoms with van der Waals surface area (Å²) >= 11 is 0. The summed E-state index contributed by atoms with van der Waals surface area (Å²) in [4.78, 5) is 0. The molecule has 0 spiro atoms. The van der Waals surface area contributed by atoms with Gasteiger partial charge in [-0.1, -0.05) is 20.8 Å². The maximum absolute atomic E-state index is 4.81. The fraction of sp³-hybridized carbons (Fsp3) is 0.833. The van der Waals surface area contributed by atoms with Crippen molar-refractivity contribution in [3.05, 3.63) is 18.0 Å². The van der Waals surface area contributed by atoms with Crippen molar-refractivity contribution < 1.29 is 0 Å². The van der Waals surface area contributed by atoms with E-state index in [9.17, 15) is 0 Å². The summed E-state index contributed by atoms with van der Waals surface area (Å²) in [5.74, 6) is 1.57. The van der Waals surface area contributed by atoms with Crippen LogP contribution in [0, 0.1) is 17.3 Å². The Labute approximate surface area is 130 Å². The van der Waals surface area contributed by atoms with Crippen LogP contribution in [-0.4, -0.2) is 23.4 Å². The first-order valence-corrected chi connectivity index (χ1v) is 8.64. The third kappa shape index (κ3) is 4.32. The van der Waals surface area contributed by atoms with E-state index in [2.05, 4.69) is 57.0 Å². The molecule has 0 bridgehead atoms. The Kier molecular flexibility index (Phi) is 5.48. The Morgan fingerprint density at radius 2 is 2.19 bits per heavy atom. The highest BCUT2D eigenvalue weighted by Crippen LogP contribution is 2.42. The first-order valence-electron chi connectivity index (χ1n) is 8.64. The lowest BCUT2D eigenvalue weighted by Crippen LogP contribution is -2.36. The topological polar surface area (TPSA) is 29.9 Å². The molecule has 3 atom stereocenters. The second-order valence-electron chi connectivity index (χ2n) is 7.73. The molecule has 1 aromatic heterocycles. The molecule has 1 saturated carbocycles. The highest BCUT2D eigenvalue weighted by molar-refractivity contribution is 5.03. The van der Waals surface area contributed by atoms with Gasteiger partial charge in [-0.15, -0.1) is 0 Å². The van der Waals surface area contributed by atoms with E-state index in [1.165, 1.54) is 25.0 Å². The van der Waals surface area contributed by atoms with Crippen molar-refractivity contribution >= 4 is 0 Å². The van der Waals surface area contributed by atoms with Gasteiger partial charge >= 0.3 is 0 Å². The molecule has 1 aliphatic carbocycles. The summed E-state index contributed by atoms with van der Waals surface area (Å²) in [5.41, 5.74) is 1.77. The van der Waals surface area contributed by atoms with Gasteiger partial charge in [0.15, 0.2) is 0 Å². The Hall–Kier alpha value is -0.830. The zero-order valence-electron chi connectivity index (χ0n) is 14.5. The molecule has 2 rings (SSSR count). The van der Waals surface area contributed by atoms with Crippen LogP contribution >= 0.6 is 0 Å². The van der Waals surface area contributed by atoms with E-state index in [0.717, 1.165) is 31.2 Å². The number of nitrogens with one attached hydrogen (secondary N) is 1.